The fraction of sp³-hybridized carbons (Fsp3) is 0.0952. The quantitative estimate of drug-likeness (QED) is 0.392. The van der Waals surface area contributed by atoms with Gasteiger partial charge in [-0.05, 0) is 64.7 Å². The third-order valence-corrected chi connectivity index (χ3v) is 4.48. The van der Waals surface area contributed by atoms with Gasteiger partial charge in [-0.15, -0.1) is 4.91 Å². The summed E-state index contributed by atoms with van der Waals surface area (Å²) in [4.78, 5) is 15.1. The van der Waals surface area contributed by atoms with Crippen LogP contribution in [0.15, 0.2) is 70.3 Å². The van der Waals surface area contributed by atoms with Crippen molar-refractivity contribution >= 4 is 28.4 Å². The van der Waals surface area contributed by atoms with Gasteiger partial charge in [0, 0.05) is 17.5 Å². The summed E-state index contributed by atoms with van der Waals surface area (Å²) in [6.45, 7) is 1.84. The first kappa shape index (κ1) is 16.5. The molecule has 0 bridgehead atoms. The maximum absolute atomic E-state index is 10.6. The number of fused-ring (bicyclic) bond motifs is 1. The van der Waals surface area contributed by atoms with Crippen LogP contribution >= 0.6 is 11.6 Å². The molecule has 0 amide bonds. The van der Waals surface area contributed by atoms with Crippen molar-refractivity contribution in [3.63, 3.8) is 0 Å². The molecular formula is C21H15ClN2O2. The second-order valence-electron chi connectivity index (χ2n) is 6.17. The molecule has 0 spiro atoms. The van der Waals surface area contributed by atoms with E-state index in [-0.39, 0.29) is 0 Å². The van der Waals surface area contributed by atoms with Gasteiger partial charge < -0.3 is 4.42 Å². The summed E-state index contributed by atoms with van der Waals surface area (Å²) in [5, 5.41) is 3.62. The van der Waals surface area contributed by atoms with Crippen LogP contribution in [-0.2, 0) is 6.42 Å². The molecule has 128 valence electrons. The monoisotopic (exact) mass is 362 g/mol. The number of benzene rings is 3. The number of hydrogen-bond donors (Lipinski definition) is 0. The zero-order valence-electron chi connectivity index (χ0n) is 14.1. The minimum Gasteiger partial charge on any atom is -0.441 e. The van der Waals surface area contributed by atoms with Crippen LogP contribution < -0.4 is 0 Å². The topological polar surface area (TPSA) is 55.5 Å². The van der Waals surface area contributed by atoms with Gasteiger partial charge in [-0.3, -0.25) is 0 Å². The summed E-state index contributed by atoms with van der Waals surface area (Å²) in [6, 6.07) is 19.1. The van der Waals surface area contributed by atoms with Crippen molar-refractivity contribution in [1.82, 2.24) is 4.98 Å². The Hall–Kier alpha value is -2.98. The predicted molar refractivity (Wildman–Crippen MR) is 104 cm³/mol. The fourth-order valence-electron chi connectivity index (χ4n) is 3.09. The van der Waals surface area contributed by atoms with E-state index in [9.17, 15) is 4.91 Å². The Morgan fingerprint density at radius 1 is 1.04 bits per heavy atom. The van der Waals surface area contributed by atoms with E-state index in [2.05, 4.69) is 16.2 Å². The Kier molecular flexibility index (Phi) is 4.27. The number of oxazole rings is 1. The summed E-state index contributed by atoms with van der Waals surface area (Å²) in [7, 11) is 0. The molecule has 0 aliphatic rings. The number of rotatable bonds is 4. The Bertz CT molecular complexity index is 1100. The van der Waals surface area contributed by atoms with Crippen molar-refractivity contribution in [3.05, 3.63) is 87.6 Å². The second-order valence-corrected chi connectivity index (χ2v) is 6.60. The Morgan fingerprint density at radius 3 is 2.58 bits per heavy atom. The van der Waals surface area contributed by atoms with Crippen LogP contribution in [0, 0.1) is 11.8 Å². The van der Waals surface area contributed by atoms with Crippen molar-refractivity contribution in [1.29, 1.82) is 0 Å². The van der Waals surface area contributed by atoms with Crippen LogP contribution in [0.5, 0.6) is 0 Å². The lowest BCUT2D eigenvalue weighted by molar-refractivity contribution is 0.561. The number of aryl methyl sites for hydroxylation is 1. The smallest absolute Gasteiger partial charge is 0.192 e. The molecule has 3 aromatic carbocycles. The first-order valence-corrected chi connectivity index (χ1v) is 8.58. The van der Waals surface area contributed by atoms with E-state index in [1.807, 2.05) is 49.4 Å². The molecule has 1 heterocycles. The van der Waals surface area contributed by atoms with Gasteiger partial charge in [-0.2, -0.15) is 0 Å². The fourth-order valence-corrected chi connectivity index (χ4v) is 3.28. The third-order valence-electron chi connectivity index (χ3n) is 4.25. The van der Waals surface area contributed by atoms with E-state index >= 15 is 0 Å². The van der Waals surface area contributed by atoms with E-state index in [0.717, 1.165) is 33.4 Å². The van der Waals surface area contributed by atoms with E-state index in [1.54, 1.807) is 12.1 Å². The van der Waals surface area contributed by atoms with Gasteiger partial charge in [-0.1, -0.05) is 35.9 Å². The molecule has 0 fully saturated rings. The summed E-state index contributed by atoms with van der Waals surface area (Å²) >= 11 is 6.17. The lowest BCUT2D eigenvalue weighted by Crippen LogP contribution is -1.90. The molecule has 4 rings (SSSR count). The molecule has 1 aromatic heterocycles. The highest BCUT2D eigenvalue weighted by molar-refractivity contribution is 6.30. The predicted octanol–water partition coefficient (Wildman–Crippen LogP) is 6.45. The summed E-state index contributed by atoms with van der Waals surface area (Å²) in [5.74, 6) is 0.627. The summed E-state index contributed by atoms with van der Waals surface area (Å²) in [6.07, 6.45) is 0.711. The Labute approximate surface area is 155 Å². The molecule has 0 aliphatic heterocycles. The number of hydrogen-bond acceptors (Lipinski definition) is 4. The standard InChI is InChI=1S/C21H15ClN2O2/c1-13-23-21-19(16-3-2-4-17(22)12-16)10-15(11-20(21)26-13)9-14-5-7-18(24-25)8-6-14/h2-8,10-12H,9H2,1H3. The third kappa shape index (κ3) is 3.24. The lowest BCUT2D eigenvalue weighted by Gasteiger charge is -2.08. The van der Waals surface area contributed by atoms with Crippen molar-refractivity contribution in [3.8, 4) is 11.1 Å². The van der Waals surface area contributed by atoms with Crippen LogP contribution in [0.25, 0.3) is 22.2 Å². The molecule has 0 unspecified atom stereocenters. The average molecular weight is 363 g/mol. The van der Waals surface area contributed by atoms with Gasteiger partial charge in [-0.25, -0.2) is 4.98 Å². The van der Waals surface area contributed by atoms with Gasteiger partial charge in [0.05, 0.1) is 0 Å². The van der Waals surface area contributed by atoms with Gasteiger partial charge in [0.25, 0.3) is 0 Å². The van der Waals surface area contributed by atoms with Crippen LogP contribution in [-0.4, -0.2) is 4.98 Å². The largest absolute Gasteiger partial charge is 0.441 e. The van der Waals surface area contributed by atoms with Crippen LogP contribution in [0.1, 0.15) is 17.0 Å². The molecule has 0 saturated carbocycles. The molecule has 4 nitrogen and oxygen atoms in total. The first-order chi connectivity index (χ1) is 12.6. The Morgan fingerprint density at radius 2 is 1.85 bits per heavy atom. The molecule has 26 heavy (non-hydrogen) atoms. The van der Waals surface area contributed by atoms with Crippen molar-refractivity contribution < 1.29 is 4.42 Å². The molecule has 0 radical (unpaired) electrons. The van der Waals surface area contributed by atoms with Crippen molar-refractivity contribution in [2.45, 2.75) is 13.3 Å². The van der Waals surface area contributed by atoms with Gasteiger partial charge >= 0.3 is 0 Å². The SMILES string of the molecule is Cc1nc2c(-c3cccc(Cl)c3)cc(Cc3ccc(N=O)cc3)cc2o1. The highest BCUT2D eigenvalue weighted by Crippen LogP contribution is 2.32. The number of aromatic nitrogens is 1. The molecule has 0 aliphatic carbocycles. The van der Waals surface area contributed by atoms with Crippen LogP contribution in [0.3, 0.4) is 0 Å². The van der Waals surface area contributed by atoms with E-state index in [4.69, 9.17) is 16.0 Å². The van der Waals surface area contributed by atoms with Gasteiger partial charge in [0.2, 0.25) is 0 Å². The zero-order chi connectivity index (χ0) is 18.1. The number of halogens is 1. The second kappa shape index (κ2) is 6.73. The molecular weight excluding hydrogens is 348 g/mol. The maximum Gasteiger partial charge on any atom is 0.192 e. The first-order valence-electron chi connectivity index (χ1n) is 8.21. The minimum atomic E-state index is 0.426. The average Bonchev–Trinajstić information content (AvgIpc) is 3.02. The van der Waals surface area contributed by atoms with Crippen molar-refractivity contribution in [2.75, 3.05) is 0 Å². The normalized spacial score (nSPS) is 11.0. The highest BCUT2D eigenvalue weighted by atomic mass is 35.5. The maximum atomic E-state index is 10.6. The minimum absolute atomic E-state index is 0.426. The van der Waals surface area contributed by atoms with Crippen LogP contribution in [0.2, 0.25) is 5.02 Å². The number of nitrogens with zero attached hydrogens (tertiary/aromatic N) is 2. The van der Waals surface area contributed by atoms with E-state index < -0.39 is 0 Å². The lowest BCUT2D eigenvalue weighted by atomic mass is 9.98. The van der Waals surface area contributed by atoms with Crippen molar-refractivity contribution in [2.24, 2.45) is 5.18 Å². The van der Waals surface area contributed by atoms with Crippen LogP contribution in [0.4, 0.5) is 5.69 Å². The van der Waals surface area contributed by atoms with Gasteiger partial charge in [0.1, 0.15) is 11.2 Å². The van der Waals surface area contributed by atoms with E-state index in [1.165, 1.54) is 0 Å². The molecule has 0 N–H and O–H groups in total. The summed E-state index contributed by atoms with van der Waals surface area (Å²) < 4.78 is 5.77. The molecule has 5 heteroatoms. The highest BCUT2D eigenvalue weighted by Gasteiger charge is 2.13. The summed E-state index contributed by atoms with van der Waals surface area (Å²) in [5.41, 5.74) is 6.17. The number of nitroso groups, excluding NO2 is 1. The zero-order valence-corrected chi connectivity index (χ0v) is 14.8. The molecule has 0 atom stereocenters. The molecule has 0 saturated heterocycles. The Balaban J connectivity index is 1.81. The van der Waals surface area contributed by atoms with E-state index in [0.29, 0.717) is 23.0 Å². The van der Waals surface area contributed by atoms with Gasteiger partial charge in [0.15, 0.2) is 11.5 Å². The molecule has 4 aromatic rings.